The molecule has 0 saturated heterocycles. The summed E-state index contributed by atoms with van der Waals surface area (Å²) in [4.78, 5) is 16.1. The van der Waals surface area contributed by atoms with Crippen LogP contribution in [-0.2, 0) is 0 Å². The van der Waals surface area contributed by atoms with Gasteiger partial charge in [-0.1, -0.05) is 41.4 Å². The van der Waals surface area contributed by atoms with E-state index < -0.39 is 5.97 Å². The van der Waals surface area contributed by atoms with Crippen molar-refractivity contribution >= 4 is 52.2 Å². The number of carboxylic acid groups (broad SMARTS) is 1. The highest BCUT2D eigenvalue weighted by atomic mass is 35.5. The molecule has 0 atom stereocenters. The van der Waals surface area contributed by atoms with E-state index in [0.717, 1.165) is 0 Å². The molecular weight excluding hydrogens is 397 g/mol. The van der Waals surface area contributed by atoms with E-state index >= 15 is 0 Å². The third-order valence-corrected chi connectivity index (χ3v) is 4.77. The summed E-state index contributed by atoms with van der Waals surface area (Å²) in [6.45, 7) is 0. The first kappa shape index (κ1) is 18.3. The Morgan fingerprint density at radius 2 is 1.82 bits per heavy atom. The summed E-state index contributed by atoms with van der Waals surface area (Å²) >= 11 is 12.2. The van der Waals surface area contributed by atoms with Gasteiger partial charge in [-0.25, -0.2) is 9.78 Å². The second kappa shape index (κ2) is 7.50. The Bertz CT molecular complexity index is 1230. The van der Waals surface area contributed by atoms with Gasteiger partial charge in [0, 0.05) is 16.0 Å². The Morgan fingerprint density at radius 3 is 2.64 bits per heavy atom. The number of hydrogen-bond donors (Lipinski definition) is 1. The Hall–Kier alpha value is -3.08. The summed E-state index contributed by atoms with van der Waals surface area (Å²) in [6, 6.07) is 17.4. The van der Waals surface area contributed by atoms with Crippen LogP contribution in [0.3, 0.4) is 0 Å². The van der Waals surface area contributed by atoms with Crippen LogP contribution in [0.2, 0.25) is 10.0 Å². The zero-order valence-electron chi connectivity index (χ0n) is 14.4. The van der Waals surface area contributed by atoms with Gasteiger partial charge in [0.25, 0.3) is 0 Å². The molecule has 2 aromatic carbocycles. The summed E-state index contributed by atoms with van der Waals surface area (Å²) in [7, 11) is 0. The monoisotopic (exact) mass is 409 g/mol. The number of hydrogen-bond acceptors (Lipinski definition) is 3. The molecular formula is C22H13Cl2NO3. The summed E-state index contributed by atoms with van der Waals surface area (Å²) in [5, 5.41) is 11.2. The quantitative estimate of drug-likeness (QED) is 0.408. The highest BCUT2D eigenvalue weighted by Gasteiger charge is 2.11. The molecule has 0 spiro atoms. The molecule has 4 nitrogen and oxygen atoms in total. The number of rotatable bonds is 4. The van der Waals surface area contributed by atoms with Crippen molar-refractivity contribution in [2.24, 2.45) is 0 Å². The smallest absolute Gasteiger partial charge is 0.336 e. The number of pyridine rings is 1. The van der Waals surface area contributed by atoms with E-state index in [0.29, 0.717) is 43.7 Å². The fraction of sp³-hybridized carbons (Fsp3) is 0. The van der Waals surface area contributed by atoms with Crippen molar-refractivity contribution in [3.05, 3.63) is 87.7 Å². The molecule has 2 heterocycles. The lowest BCUT2D eigenvalue weighted by Crippen LogP contribution is -2.00. The minimum Gasteiger partial charge on any atom is -0.478 e. The van der Waals surface area contributed by atoms with Crippen LogP contribution in [0.1, 0.15) is 21.8 Å². The lowest BCUT2D eigenvalue weighted by Gasteiger charge is -2.03. The maximum absolute atomic E-state index is 11.6. The van der Waals surface area contributed by atoms with Crippen LogP contribution < -0.4 is 0 Å². The Kier molecular flexibility index (Phi) is 4.90. The van der Waals surface area contributed by atoms with E-state index in [2.05, 4.69) is 4.98 Å². The largest absolute Gasteiger partial charge is 0.478 e. The maximum atomic E-state index is 11.6. The van der Waals surface area contributed by atoms with Gasteiger partial charge in [-0.2, -0.15) is 0 Å². The topological polar surface area (TPSA) is 63.3 Å². The number of carboxylic acids is 1. The van der Waals surface area contributed by atoms with Crippen molar-refractivity contribution < 1.29 is 14.3 Å². The highest BCUT2D eigenvalue weighted by Crippen LogP contribution is 2.32. The van der Waals surface area contributed by atoms with Gasteiger partial charge in [0.15, 0.2) is 0 Å². The average molecular weight is 410 g/mol. The molecule has 0 aliphatic carbocycles. The van der Waals surface area contributed by atoms with Crippen LogP contribution in [0.4, 0.5) is 0 Å². The van der Waals surface area contributed by atoms with Gasteiger partial charge in [0.2, 0.25) is 0 Å². The first-order valence-electron chi connectivity index (χ1n) is 8.38. The Labute approximate surface area is 170 Å². The number of aromatic nitrogens is 1. The van der Waals surface area contributed by atoms with Crippen molar-refractivity contribution in [1.82, 2.24) is 4.98 Å². The standard InChI is InChI=1S/C22H13Cl2NO3/c23-13-5-9-19(24)18(11-13)21-10-8-15(28-21)7-6-14-12-17(22(26)27)16-3-1-2-4-20(16)25-14/h1-12H,(H,26,27). The molecule has 0 aliphatic rings. The van der Waals surface area contributed by atoms with Gasteiger partial charge in [-0.05, 0) is 54.6 Å². The van der Waals surface area contributed by atoms with Crippen LogP contribution in [0.5, 0.6) is 0 Å². The van der Waals surface area contributed by atoms with Gasteiger partial charge < -0.3 is 9.52 Å². The van der Waals surface area contributed by atoms with Crippen LogP contribution in [-0.4, -0.2) is 16.1 Å². The summed E-state index contributed by atoms with van der Waals surface area (Å²) in [5.41, 5.74) is 2.05. The third kappa shape index (κ3) is 3.65. The molecule has 0 bridgehead atoms. The fourth-order valence-corrected chi connectivity index (χ4v) is 3.28. The molecule has 4 aromatic rings. The lowest BCUT2D eigenvalue weighted by atomic mass is 10.1. The van der Waals surface area contributed by atoms with Gasteiger partial charge in [-0.3, -0.25) is 0 Å². The average Bonchev–Trinajstić information content (AvgIpc) is 3.16. The van der Waals surface area contributed by atoms with Gasteiger partial charge in [-0.15, -0.1) is 0 Å². The summed E-state index contributed by atoms with van der Waals surface area (Å²) < 4.78 is 5.82. The molecule has 28 heavy (non-hydrogen) atoms. The van der Waals surface area contributed by atoms with Crippen LogP contribution in [0, 0.1) is 0 Å². The van der Waals surface area contributed by atoms with E-state index in [4.69, 9.17) is 27.6 Å². The van der Waals surface area contributed by atoms with Crippen LogP contribution >= 0.6 is 23.2 Å². The first-order chi connectivity index (χ1) is 13.5. The second-order valence-electron chi connectivity index (χ2n) is 6.08. The van der Waals surface area contributed by atoms with E-state index in [9.17, 15) is 9.90 Å². The number of halogens is 2. The molecule has 0 unspecified atom stereocenters. The number of aromatic carboxylic acids is 1. The van der Waals surface area contributed by atoms with Crippen molar-refractivity contribution in [3.8, 4) is 11.3 Å². The van der Waals surface area contributed by atoms with E-state index in [-0.39, 0.29) is 5.56 Å². The highest BCUT2D eigenvalue weighted by molar-refractivity contribution is 6.35. The number of para-hydroxylation sites is 1. The molecule has 0 amide bonds. The van der Waals surface area contributed by atoms with E-state index in [1.54, 1.807) is 66.7 Å². The van der Waals surface area contributed by atoms with Crippen LogP contribution in [0.15, 0.2) is 65.1 Å². The summed E-state index contributed by atoms with van der Waals surface area (Å²) in [6.07, 6.45) is 3.44. The molecule has 4 rings (SSSR count). The Morgan fingerprint density at radius 1 is 1.00 bits per heavy atom. The molecule has 0 fully saturated rings. The third-order valence-electron chi connectivity index (χ3n) is 4.21. The summed E-state index contributed by atoms with van der Waals surface area (Å²) in [5.74, 6) is 0.173. The number of fused-ring (bicyclic) bond motifs is 1. The molecule has 6 heteroatoms. The van der Waals surface area contributed by atoms with Gasteiger partial charge in [0.05, 0.1) is 21.8 Å². The van der Waals surface area contributed by atoms with E-state index in [1.165, 1.54) is 0 Å². The van der Waals surface area contributed by atoms with Crippen molar-refractivity contribution in [3.63, 3.8) is 0 Å². The normalized spacial score (nSPS) is 11.4. The van der Waals surface area contributed by atoms with Gasteiger partial charge >= 0.3 is 5.97 Å². The zero-order valence-corrected chi connectivity index (χ0v) is 15.9. The minimum atomic E-state index is -0.996. The molecule has 0 saturated carbocycles. The van der Waals surface area contributed by atoms with E-state index in [1.807, 2.05) is 6.07 Å². The minimum absolute atomic E-state index is 0.205. The number of nitrogens with zero attached hydrogens (tertiary/aromatic N) is 1. The van der Waals surface area contributed by atoms with Crippen LogP contribution in [0.25, 0.3) is 34.4 Å². The Balaban J connectivity index is 1.68. The number of benzene rings is 2. The van der Waals surface area contributed by atoms with Gasteiger partial charge in [0.1, 0.15) is 11.5 Å². The first-order valence-corrected chi connectivity index (χ1v) is 9.13. The molecule has 138 valence electrons. The number of carbonyl (C=O) groups is 1. The SMILES string of the molecule is O=C(O)c1cc(C=Cc2ccc(-c3cc(Cl)ccc3Cl)o2)nc2ccccc12. The zero-order chi connectivity index (χ0) is 19.7. The number of furan rings is 1. The van der Waals surface area contributed by atoms with Crippen molar-refractivity contribution in [2.45, 2.75) is 0 Å². The molecule has 0 radical (unpaired) electrons. The molecule has 2 aromatic heterocycles. The molecule has 1 N–H and O–H groups in total. The maximum Gasteiger partial charge on any atom is 0.336 e. The lowest BCUT2D eigenvalue weighted by molar-refractivity contribution is 0.0699. The van der Waals surface area contributed by atoms with Crippen molar-refractivity contribution in [2.75, 3.05) is 0 Å². The second-order valence-corrected chi connectivity index (χ2v) is 6.92. The molecule has 0 aliphatic heterocycles. The van der Waals surface area contributed by atoms with Crippen molar-refractivity contribution in [1.29, 1.82) is 0 Å². The fourth-order valence-electron chi connectivity index (χ4n) is 2.90. The predicted octanol–water partition coefficient (Wildman–Crippen LogP) is 6.67. The predicted molar refractivity (Wildman–Crippen MR) is 112 cm³/mol.